The standard InChI is InChI=1S/C25H22N2O4/c1-2-30-19-10-8-18(9-11-19)27-15-16(13-24(27)28)25(29)26-17-7-12-21-20-5-3-4-6-22(20)31-23(21)14-17/h3-12,14,16H,2,13,15H2,1H3,(H,26,29)/t16-/m0/s1. The summed E-state index contributed by atoms with van der Waals surface area (Å²) >= 11 is 0. The molecule has 0 spiro atoms. The van der Waals surface area contributed by atoms with Gasteiger partial charge in [0.1, 0.15) is 16.9 Å². The quantitative estimate of drug-likeness (QED) is 0.500. The summed E-state index contributed by atoms with van der Waals surface area (Å²) < 4.78 is 11.3. The average molecular weight is 414 g/mol. The van der Waals surface area contributed by atoms with Crippen LogP contribution in [0.2, 0.25) is 0 Å². The van der Waals surface area contributed by atoms with Crippen molar-refractivity contribution < 1.29 is 18.7 Å². The Kier molecular flexibility index (Phi) is 4.82. The summed E-state index contributed by atoms with van der Waals surface area (Å²) in [4.78, 5) is 27.0. The highest BCUT2D eigenvalue weighted by molar-refractivity contribution is 6.07. The molecule has 1 saturated heterocycles. The molecule has 1 fully saturated rings. The summed E-state index contributed by atoms with van der Waals surface area (Å²) in [6, 6.07) is 20.8. The number of nitrogens with zero attached hydrogens (tertiary/aromatic N) is 1. The van der Waals surface area contributed by atoms with Gasteiger partial charge < -0.3 is 19.4 Å². The summed E-state index contributed by atoms with van der Waals surface area (Å²) in [5.74, 6) is 0.118. The van der Waals surface area contributed by atoms with Crippen LogP contribution in [0, 0.1) is 5.92 Å². The maximum Gasteiger partial charge on any atom is 0.229 e. The number of carbonyl (C=O) groups excluding carboxylic acids is 2. The summed E-state index contributed by atoms with van der Waals surface area (Å²) in [6.07, 6.45) is 0.186. The summed E-state index contributed by atoms with van der Waals surface area (Å²) in [7, 11) is 0. The Hall–Kier alpha value is -3.80. The van der Waals surface area contributed by atoms with Crippen LogP contribution < -0.4 is 15.0 Å². The maximum absolute atomic E-state index is 12.8. The van der Waals surface area contributed by atoms with Crippen molar-refractivity contribution in [1.82, 2.24) is 0 Å². The fourth-order valence-corrected chi connectivity index (χ4v) is 4.07. The van der Waals surface area contributed by atoms with Crippen LogP contribution in [-0.4, -0.2) is 25.0 Å². The maximum atomic E-state index is 12.8. The van der Waals surface area contributed by atoms with Gasteiger partial charge in [0.05, 0.1) is 12.5 Å². The van der Waals surface area contributed by atoms with Crippen LogP contribution in [0.5, 0.6) is 5.75 Å². The lowest BCUT2D eigenvalue weighted by Gasteiger charge is -2.17. The van der Waals surface area contributed by atoms with Crippen molar-refractivity contribution in [3.8, 4) is 5.75 Å². The second kappa shape index (κ2) is 7.80. The Balaban J connectivity index is 1.30. The van der Waals surface area contributed by atoms with Gasteiger partial charge in [0.2, 0.25) is 11.8 Å². The van der Waals surface area contributed by atoms with E-state index in [1.165, 1.54) is 0 Å². The van der Waals surface area contributed by atoms with Crippen LogP contribution in [-0.2, 0) is 9.59 Å². The molecule has 1 N–H and O–H groups in total. The number of nitrogens with one attached hydrogen (secondary N) is 1. The van der Waals surface area contributed by atoms with E-state index < -0.39 is 5.92 Å². The third kappa shape index (κ3) is 3.61. The van der Waals surface area contributed by atoms with Gasteiger partial charge in [-0.05, 0) is 49.4 Å². The molecule has 0 saturated carbocycles. The first-order valence-electron chi connectivity index (χ1n) is 10.4. The van der Waals surface area contributed by atoms with E-state index in [1.807, 2.05) is 73.7 Å². The number of para-hydroxylation sites is 1. The van der Waals surface area contributed by atoms with E-state index in [0.29, 0.717) is 18.8 Å². The molecule has 31 heavy (non-hydrogen) atoms. The highest BCUT2D eigenvalue weighted by atomic mass is 16.5. The van der Waals surface area contributed by atoms with Gasteiger partial charge in [0.25, 0.3) is 0 Å². The lowest BCUT2D eigenvalue weighted by Crippen LogP contribution is -2.28. The predicted octanol–water partition coefficient (Wildman–Crippen LogP) is 4.98. The number of anilines is 2. The summed E-state index contributed by atoms with van der Waals surface area (Å²) in [6.45, 7) is 2.86. The van der Waals surface area contributed by atoms with Crippen LogP contribution in [0.4, 0.5) is 11.4 Å². The molecular weight excluding hydrogens is 392 g/mol. The molecule has 3 aromatic carbocycles. The van der Waals surface area contributed by atoms with Crippen LogP contribution >= 0.6 is 0 Å². The molecule has 0 bridgehead atoms. The minimum atomic E-state index is -0.412. The first kappa shape index (κ1) is 19.2. The zero-order valence-electron chi connectivity index (χ0n) is 17.1. The number of hydrogen-bond acceptors (Lipinski definition) is 4. The van der Waals surface area contributed by atoms with Crippen molar-refractivity contribution in [3.63, 3.8) is 0 Å². The van der Waals surface area contributed by atoms with Crippen LogP contribution in [0.3, 0.4) is 0 Å². The van der Waals surface area contributed by atoms with E-state index in [4.69, 9.17) is 9.15 Å². The highest BCUT2D eigenvalue weighted by Crippen LogP contribution is 2.31. The van der Waals surface area contributed by atoms with Crippen LogP contribution in [0.15, 0.2) is 71.1 Å². The van der Waals surface area contributed by atoms with E-state index in [-0.39, 0.29) is 18.2 Å². The lowest BCUT2D eigenvalue weighted by molar-refractivity contribution is -0.122. The van der Waals surface area contributed by atoms with Gasteiger partial charge >= 0.3 is 0 Å². The molecule has 0 aliphatic carbocycles. The Morgan fingerprint density at radius 2 is 1.84 bits per heavy atom. The molecule has 0 radical (unpaired) electrons. The second-order valence-electron chi connectivity index (χ2n) is 7.63. The van der Waals surface area contributed by atoms with Gasteiger partial charge in [-0.25, -0.2) is 0 Å². The SMILES string of the molecule is CCOc1ccc(N2C[C@@H](C(=O)Nc3ccc4c(c3)oc3ccccc34)CC2=O)cc1. The molecule has 156 valence electrons. The molecule has 1 aromatic heterocycles. The normalized spacial score (nSPS) is 16.2. The fraction of sp³-hybridized carbons (Fsp3) is 0.200. The Labute approximate surface area is 179 Å². The number of benzene rings is 3. The topological polar surface area (TPSA) is 71.8 Å². The molecule has 2 amide bonds. The number of rotatable bonds is 5. The van der Waals surface area contributed by atoms with E-state index in [9.17, 15) is 9.59 Å². The second-order valence-corrected chi connectivity index (χ2v) is 7.63. The van der Waals surface area contributed by atoms with Crippen molar-refractivity contribution in [2.24, 2.45) is 5.92 Å². The van der Waals surface area contributed by atoms with Gasteiger partial charge in [0.15, 0.2) is 0 Å². The number of carbonyl (C=O) groups is 2. The molecule has 4 aromatic rings. The van der Waals surface area contributed by atoms with E-state index >= 15 is 0 Å². The minimum Gasteiger partial charge on any atom is -0.494 e. The van der Waals surface area contributed by atoms with Crippen molar-refractivity contribution >= 4 is 45.1 Å². The van der Waals surface area contributed by atoms with Gasteiger partial charge in [-0.3, -0.25) is 9.59 Å². The van der Waals surface area contributed by atoms with Crippen molar-refractivity contribution in [1.29, 1.82) is 0 Å². The van der Waals surface area contributed by atoms with Crippen molar-refractivity contribution in [2.45, 2.75) is 13.3 Å². The summed E-state index contributed by atoms with van der Waals surface area (Å²) in [5.41, 5.74) is 2.96. The Morgan fingerprint density at radius 1 is 1.06 bits per heavy atom. The fourth-order valence-electron chi connectivity index (χ4n) is 4.07. The smallest absolute Gasteiger partial charge is 0.229 e. The van der Waals surface area contributed by atoms with Crippen molar-refractivity contribution in [3.05, 3.63) is 66.7 Å². The van der Waals surface area contributed by atoms with E-state index in [1.54, 1.807) is 4.90 Å². The molecule has 2 heterocycles. The Morgan fingerprint density at radius 3 is 2.65 bits per heavy atom. The van der Waals surface area contributed by atoms with Gasteiger partial charge in [-0.1, -0.05) is 18.2 Å². The third-order valence-electron chi connectivity index (χ3n) is 5.60. The zero-order valence-corrected chi connectivity index (χ0v) is 17.1. The van der Waals surface area contributed by atoms with E-state index in [2.05, 4.69) is 5.32 Å². The molecule has 0 unspecified atom stereocenters. The first-order valence-corrected chi connectivity index (χ1v) is 10.4. The van der Waals surface area contributed by atoms with E-state index in [0.717, 1.165) is 33.4 Å². The number of fused-ring (bicyclic) bond motifs is 3. The largest absolute Gasteiger partial charge is 0.494 e. The van der Waals surface area contributed by atoms with Gasteiger partial charge in [-0.15, -0.1) is 0 Å². The molecule has 1 aliphatic rings. The van der Waals surface area contributed by atoms with Crippen LogP contribution in [0.25, 0.3) is 21.9 Å². The van der Waals surface area contributed by atoms with Crippen LogP contribution in [0.1, 0.15) is 13.3 Å². The molecule has 1 aliphatic heterocycles. The molecule has 6 heteroatoms. The first-order chi connectivity index (χ1) is 15.1. The Bertz CT molecular complexity index is 1280. The van der Waals surface area contributed by atoms with Gasteiger partial charge in [-0.2, -0.15) is 0 Å². The minimum absolute atomic E-state index is 0.0583. The van der Waals surface area contributed by atoms with Crippen molar-refractivity contribution in [2.75, 3.05) is 23.4 Å². The monoisotopic (exact) mass is 414 g/mol. The number of amides is 2. The highest BCUT2D eigenvalue weighted by Gasteiger charge is 2.35. The molecule has 6 nitrogen and oxygen atoms in total. The zero-order chi connectivity index (χ0) is 21.4. The lowest BCUT2D eigenvalue weighted by atomic mass is 10.1. The third-order valence-corrected chi connectivity index (χ3v) is 5.60. The average Bonchev–Trinajstić information content (AvgIpc) is 3.34. The summed E-state index contributed by atoms with van der Waals surface area (Å²) in [5, 5.41) is 4.99. The molecule has 5 rings (SSSR count). The van der Waals surface area contributed by atoms with Gasteiger partial charge in [0, 0.05) is 41.2 Å². The number of furan rings is 1. The number of ether oxygens (including phenoxy) is 1. The molecule has 1 atom stereocenters. The number of hydrogen-bond donors (Lipinski definition) is 1. The molecular formula is C25H22N2O4. The predicted molar refractivity (Wildman–Crippen MR) is 120 cm³/mol.